The largest absolute Gasteiger partial charge is 0.494 e. The number of hydrogen-bond acceptors (Lipinski definition) is 6. The van der Waals surface area contributed by atoms with Crippen LogP contribution in [0.15, 0.2) is 79.9 Å². The maximum absolute atomic E-state index is 14.7. The zero-order valence-electron chi connectivity index (χ0n) is 25.8. The highest BCUT2D eigenvalue weighted by Crippen LogP contribution is 2.69. The number of aliphatic hydroxyl groups is 1. The number of amides is 3. The average Bonchev–Trinajstić information content (AvgIpc) is 3.63. The molecule has 1 spiro atoms. The van der Waals surface area contributed by atoms with Gasteiger partial charge in [-0.15, -0.1) is 24.9 Å². The summed E-state index contributed by atoms with van der Waals surface area (Å²) in [6.07, 6.45) is 4.11. The van der Waals surface area contributed by atoms with Gasteiger partial charge in [0.05, 0.1) is 35.8 Å². The van der Waals surface area contributed by atoms with Crippen molar-refractivity contribution >= 4 is 35.2 Å². The van der Waals surface area contributed by atoms with E-state index in [1.54, 1.807) is 45.5 Å². The lowest BCUT2D eigenvalue weighted by Gasteiger charge is -2.42. The summed E-state index contributed by atoms with van der Waals surface area (Å²) < 4.78 is 4.80. The van der Waals surface area contributed by atoms with Gasteiger partial charge in [0, 0.05) is 30.6 Å². The molecule has 5 rings (SSSR count). The van der Waals surface area contributed by atoms with Crippen LogP contribution in [0.2, 0.25) is 0 Å². The molecule has 3 unspecified atom stereocenters. The number of ether oxygens (including phenoxy) is 1. The van der Waals surface area contributed by atoms with Crippen molar-refractivity contribution < 1.29 is 24.2 Å². The number of fused-ring (bicyclic) bond motifs is 1. The third-order valence-corrected chi connectivity index (χ3v) is 11.4. The van der Waals surface area contributed by atoms with Crippen LogP contribution in [0, 0.1) is 17.8 Å². The smallest absolute Gasteiger partial charge is 0.247 e. The molecule has 0 aromatic heterocycles. The molecule has 9 heteroatoms. The Labute approximate surface area is 264 Å². The van der Waals surface area contributed by atoms with Crippen molar-refractivity contribution in [3.63, 3.8) is 0 Å². The number of aliphatic hydroxyl groups excluding tert-OH is 1. The van der Waals surface area contributed by atoms with Crippen molar-refractivity contribution in [1.29, 1.82) is 0 Å². The van der Waals surface area contributed by atoms with Gasteiger partial charge in [-0.3, -0.25) is 14.4 Å². The van der Waals surface area contributed by atoms with Crippen molar-refractivity contribution in [2.75, 3.05) is 31.2 Å². The van der Waals surface area contributed by atoms with Gasteiger partial charge in [-0.05, 0) is 56.0 Å². The average molecular weight is 618 g/mol. The van der Waals surface area contributed by atoms with E-state index in [0.29, 0.717) is 31.1 Å². The highest BCUT2D eigenvalue weighted by Gasteiger charge is 2.76. The summed E-state index contributed by atoms with van der Waals surface area (Å²) in [6, 6.07) is 15.7. The molecular weight excluding hydrogens is 574 g/mol. The molecule has 2 aromatic carbocycles. The molecule has 3 aliphatic rings. The number of carbonyl (C=O) groups excluding carboxylic acids is 3. The minimum absolute atomic E-state index is 0.0148. The van der Waals surface area contributed by atoms with E-state index in [-0.39, 0.29) is 42.0 Å². The van der Waals surface area contributed by atoms with Crippen LogP contribution in [-0.2, 0) is 20.9 Å². The molecule has 3 amide bonds. The molecular formula is C35H43N3O5S. The number of nitrogens with zero attached hydrogens (tertiary/aromatic N) is 3. The molecule has 3 aliphatic heterocycles. The fraction of sp³-hybridized carbons (Fsp3) is 0.457. The topological polar surface area (TPSA) is 90.4 Å². The minimum Gasteiger partial charge on any atom is -0.494 e. The third-order valence-electron chi connectivity index (χ3n) is 9.36. The Balaban J connectivity index is 1.54. The lowest BCUT2D eigenvalue weighted by atomic mass is 9.65. The van der Waals surface area contributed by atoms with Gasteiger partial charge in [-0.2, -0.15) is 0 Å². The minimum atomic E-state index is -0.813. The predicted octanol–water partition coefficient (Wildman–Crippen LogP) is 4.54. The second-order valence-electron chi connectivity index (χ2n) is 12.0. The number of rotatable bonds is 13. The SMILES string of the molecule is C=CCN(Cc1ccccc1)C(=O)C1N([C@H](C)CO)C(=O)[C@@H]2[C@H](C(=O)N(CC=C)c3ccc(OCC)cc3)[C@@H]3CC(C)C12S3. The Morgan fingerprint density at radius 3 is 2.41 bits per heavy atom. The monoisotopic (exact) mass is 617 g/mol. The first kappa shape index (κ1) is 31.9. The van der Waals surface area contributed by atoms with E-state index >= 15 is 0 Å². The third kappa shape index (κ3) is 5.34. The van der Waals surface area contributed by atoms with E-state index in [2.05, 4.69) is 20.1 Å². The molecule has 0 radical (unpaired) electrons. The maximum atomic E-state index is 14.7. The van der Waals surface area contributed by atoms with Crippen LogP contribution < -0.4 is 9.64 Å². The molecule has 8 nitrogen and oxygen atoms in total. The first-order valence-electron chi connectivity index (χ1n) is 15.4. The van der Waals surface area contributed by atoms with Gasteiger partial charge in [0.1, 0.15) is 11.8 Å². The summed E-state index contributed by atoms with van der Waals surface area (Å²) in [7, 11) is 0. The number of carbonyl (C=O) groups is 3. The molecule has 3 fully saturated rings. The molecule has 234 valence electrons. The molecule has 3 saturated heterocycles. The van der Waals surface area contributed by atoms with Gasteiger partial charge in [0.2, 0.25) is 17.7 Å². The van der Waals surface area contributed by atoms with Gasteiger partial charge >= 0.3 is 0 Å². The number of anilines is 1. The van der Waals surface area contributed by atoms with Gasteiger partial charge in [-0.25, -0.2) is 0 Å². The molecule has 0 aliphatic carbocycles. The van der Waals surface area contributed by atoms with Gasteiger partial charge in [0.25, 0.3) is 0 Å². The summed E-state index contributed by atoms with van der Waals surface area (Å²) in [5.74, 6) is -1.11. The predicted molar refractivity (Wildman–Crippen MR) is 174 cm³/mol. The summed E-state index contributed by atoms with van der Waals surface area (Å²) in [4.78, 5) is 48.8. The van der Waals surface area contributed by atoms with Crippen molar-refractivity contribution in [2.24, 2.45) is 17.8 Å². The first-order valence-corrected chi connectivity index (χ1v) is 16.3. The Morgan fingerprint density at radius 2 is 1.80 bits per heavy atom. The number of likely N-dealkylation sites (tertiary alicyclic amines) is 1. The quantitative estimate of drug-likeness (QED) is 0.332. The Kier molecular flexibility index (Phi) is 9.56. The van der Waals surface area contributed by atoms with E-state index in [9.17, 15) is 19.5 Å². The van der Waals surface area contributed by atoms with Crippen molar-refractivity contribution in [3.05, 3.63) is 85.5 Å². The molecule has 0 saturated carbocycles. The van der Waals surface area contributed by atoms with E-state index < -0.39 is 28.7 Å². The summed E-state index contributed by atoms with van der Waals surface area (Å²) in [5, 5.41) is 10.2. The first-order chi connectivity index (χ1) is 21.2. The lowest BCUT2D eigenvalue weighted by molar-refractivity contribution is -0.145. The van der Waals surface area contributed by atoms with Crippen LogP contribution >= 0.6 is 11.8 Å². The molecule has 3 heterocycles. The zero-order chi connectivity index (χ0) is 31.6. The summed E-state index contributed by atoms with van der Waals surface area (Å²) in [6.45, 7) is 14.8. The Morgan fingerprint density at radius 1 is 1.11 bits per heavy atom. The van der Waals surface area contributed by atoms with Crippen LogP contribution in [-0.4, -0.2) is 81.0 Å². The van der Waals surface area contributed by atoms with Crippen molar-refractivity contribution in [1.82, 2.24) is 9.80 Å². The van der Waals surface area contributed by atoms with Gasteiger partial charge in [-0.1, -0.05) is 49.4 Å². The van der Waals surface area contributed by atoms with E-state index in [1.807, 2.05) is 61.5 Å². The maximum Gasteiger partial charge on any atom is 0.247 e. The second-order valence-corrected chi connectivity index (χ2v) is 13.5. The number of hydrogen-bond donors (Lipinski definition) is 1. The number of thioether (sulfide) groups is 1. The highest BCUT2D eigenvalue weighted by molar-refractivity contribution is 8.02. The van der Waals surface area contributed by atoms with Gasteiger partial charge < -0.3 is 24.5 Å². The number of benzene rings is 2. The highest BCUT2D eigenvalue weighted by atomic mass is 32.2. The molecule has 7 atom stereocenters. The van der Waals surface area contributed by atoms with Crippen LogP contribution in [0.3, 0.4) is 0 Å². The Hall–Kier alpha value is -3.56. The van der Waals surface area contributed by atoms with Gasteiger partial charge in [0.15, 0.2) is 0 Å². The lowest BCUT2D eigenvalue weighted by Crippen LogP contribution is -2.58. The fourth-order valence-corrected chi connectivity index (χ4v) is 9.86. The fourth-order valence-electron chi connectivity index (χ4n) is 7.47. The molecule has 2 bridgehead atoms. The van der Waals surface area contributed by atoms with Crippen molar-refractivity contribution in [3.8, 4) is 5.75 Å². The zero-order valence-corrected chi connectivity index (χ0v) is 26.6. The van der Waals surface area contributed by atoms with E-state index in [1.165, 1.54) is 0 Å². The standard InChI is InChI=1S/C35H43N3O5S/c1-6-18-36(21-25-12-10-9-11-13-25)34(42)31-35-23(4)20-28(44-35)29(30(35)33(41)38(31)24(5)22-39)32(40)37(19-7-2)26-14-16-27(17-15-26)43-8-3/h6-7,9-17,23-24,28-31,39H,1-2,8,18-22H2,3-5H3/t23?,24-,28+,29-,30+,31?,35?/m1/s1. The Bertz CT molecular complexity index is 1380. The second kappa shape index (κ2) is 13.2. The molecule has 1 N–H and O–H groups in total. The van der Waals surface area contributed by atoms with E-state index in [0.717, 1.165) is 12.0 Å². The van der Waals surface area contributed by atoms with Crippen LogP contribution in [0.1, 0.15) is 32.8 Å². The summed E-state index contributed by atoms with van der Waals surface area (Å²) in [5.41, 5.74) is 1.68. The molecule has 2 aromatic rings. The molecule has 44 heavy (non-hydrogen) atoms. The van der Waals surface area contributed by atoms with Crippen LogP contribution in [0.25, 0.3) is 0 Å². The summed E-state index contributed by atoms with van der Waals surface area (Å²) >= 11 is 1.64. The van der Waals surface area contributed by atoms with Crippen LogP contribution in [0.4, 0.5) is 5.69 Å². The van der Waals surface area contributed by atoms with Crippen molar-refractivity contribution in [2.45, 2.75) is 55.8 Å². The van der Waals surface area contributed by atoms with E-state index in [4.69, 9.17) is 4.74 Å². The van der Waals surface area contributed by atoms with Crippen LogP contribution in [0.5, 0.6) is 5.75 Å². The normalized spacial score (nSPS) is 27.5.